The lowest BCUT2D eigenvalue weighted by Crippen LogP contribution is -2.34. The first-order chi connectivity index (χ1) is 18.7. The highest BCUT2D eigenvalue weighted by atomic mass is 33.1. The van der Waals surface area contributed by atoms with Crippen molar-refractivity contribution in [2.75, 3.05) is 32.6 Å². The molecule has 3 aromatic rings. The van der Waals surface area contributed by atoms with Gasteiger partial charge in [-0.2, -0.15) is 0 Å². The molecule has 0 radical (unpaired) electrons. The molecule has 5 heterocycles. The Bertz CT molecular complexity index is 1380. The van der Waals surface area contributed by atoms with E-state index in [2.05, 4.69) is 28.1 Å². The van der Waals surface area contributed by atoms with Crippen molar-refractivity contribution < 1.29 is 19.4 Å². The Morgan fingerprint density at radius 1 is 1.18 bits per heavy atom. The Labute approximate surface area is 230 Å². The zero-order chi connectivity index (χ0) is 26.5. The maximum absolute atomic E-state index is 12.3. The maximum Gasteiger partial charge on any atom is 0.313 e. The van der Waals surface area contributed by atoms with Crippen molar-refractivity contribution in [2.45, 2.75) is 31.3 Å². The number of carbonyl (C=O) groups is 1. The summed E-state index contributed by atoms with van der Waals surface area (Å²) >= 11 is 0. The largest absolute Gasteiger partial charge is 0.494 e. The maximum atomic E-state index is 12.3. The highest BCUT2D eigenvalue weighted by Crippen LogP contribution is 2.41. The second-order valence-corrected chi connectivity index (χ2v) is 11.6. The van der Waals surface area contributed by atoms with E-state index in [0.717, 1.165) is 77.4 Å². The van der Waals surface area contributed by atoms with Crippen LogP contribution in [0, 0.1) is 5.92 Å². The standard InChI is InChI=1S/C28H27N3O3S2.CH4O/c1-2-22-23-14-25-27-19(15-31(25)16-20(23)17-34-28(22)32)12-18-13-21(7-8-24(18)30-27)33-10-5-11-35-36-26-6-3-4-9-29-26;1-2/h3-4,6-9,12-14,22H,2,5,10-11,15-17H2,1H3;2H,1H3. The molecule has 0 saturated carbocycles. The van der Waals surface area contributed by atoms with Crippen molar-refractivity contribution in [2.24, 2.45) is 5.92 Å². The number of pyridine rings is 2. The normalized spacial score (nSPS) is 17.7. The van der Waals surface area contributed by atoms with Crippen LogP contribution in [-0.2, 0) is 16.1 Å². The molecule has 198 valence electrons. The van der Waals surface area contributed by atoms with Crippen LogP contribution in [0.5, 0.6) is 5.75 Å². The van der Waals surface area contributed by atoms with Crippen LogP contribution >= 0.6 is 21.6 Å². The van der Waals surface area contributed by atoms with Gasteiger partial charge in [-0.25, -0.2) is 9.97 Å². The van der Waals surface area contributed by atoms with Gasteiger partial charge in [0.15, 0.2) is 0 Å². The third-order valence-electron chi connectivity index (χ3n) is 6.77. The molecule has 1 N–H and O–H groups in total. The zero-order valence-corrected chi connectivity index (χ0v) is 23.2. The molecule has 0 aliphatic carbocycles. The molecule has 3 aliphatic rings. The van der Waals surface area contributed by atoms with Crippen LogP contribution in [0.3, 0.4) is 0 Å². The Balaban J connectivity index is 0.00000144. The van der Waals surface area contributed by atoms with Crippen molar-refractivity contribution in [1.29, 1.82) is 0 Å². The molecule has 38 heavy (non-hydrogen) atoms. The van der Waals surface area contributed by atoms with Gasteiger partial charge in [0.25, 0.3) is 0 Å². The summed E-state index contributed by atoms with van der Waals surface area (Å²) in [6.07, 6.45) is 5.72. The fourth-order valence-electron chi connectivity index (χ4n) is 5.00. The topological polar surface area (TPSA) is 84.8 Å². The first kappa shape index (κ1) is 26.6. The summed E-state index contributed by atoms with van der Waals surface area (Å²) in [6, 6.07) is 14.3. The van der Waals surface area contributed by atoms with E-state index < -0.39 is 0 Å². The number of cyclic esters (lactones) is 1. The fraction of sp³-hybridized carbons (Fsp3) is 0.345. The number of hydrogen-bond acceptors (Lipinski definition) is 9. The molecule has 6 rings (SSSR count). The van der Waals surface area contributed by atoms with Gasteiger partial charge in [-0.3, -0.25) is 4.79 Å². The van der Waals surface area contributed by atoms with Crippen LogP contribution in [-0.4, -0.2) is 58.6 Å². The number of fused-ring (bicyclic) bond motifs is 4. The van der Waals surface area contributed by atoms with Crippen LogP contribution in [0.25, 0.3) is 16.6 Å². The molecule has 0 amide bonds. The predicted octanol–water partition coefficient (Wildman–Crippen LogP) is 5.50. The molecule has 1 aromatic carbocycles. The van der Waals surface area contributed by atoms with Crippen molar-refractivity contribution in [1.82, 2.24) is 14.9 Å². The number of esters is 1. The van der Waals surface area contributed by atoms with Crippen LogP contribution in [0.4, 0.5) is 0 Å². The fourth-order valence-corrected chi connectivity index (χ4v) is 6.94. The molecule has 0 bridgehead atoms. The van der Waals surface area contributed by atoms with Crippen molar-refractivity contribution in [3.8, 4) is 5.75 Å². The summed E-state index contributed by atoms with van der Waals surface area (Å²) in [7, 11) is 4.50. The van der Waals surface area contributed by atoms with Crippen LogP contribution in [0.2, 0.25) is 0 Å². The van der Waals surface area contributed by atoms with Gasteiger partial charge in [-0.1, -0.05) is 23.8 Å². The third kappa shape index (κ3) is 5.55. The minimum absolute atomic E-state index is 0.107. The molecule has 9 heteroatoms. The number of rotatable bonds is 8. The summed E-state index contributed by atoms with van der Waals surface area (Å²) in [5.41, 5.74) is 6.68. The number of benzene rings is 1. The molecule has 0 fully saturated rings. The average Bonchev–Trinajstić information content (AvgIpc) is 3.30. The number of carbonyl (C=O) groups excluding carboxylic acids is 1. The number of aliphatic hydroxyl groups is 1. The van der Waals surface area contributed by atoms with E-state index in [1.54, 1.807) is 21.6 Å². The number of aromatic nitrogens is 2. The number of aliphatic hydroxyl groups excluding tert-OH is 1. The molecular formula is C29H31N3O4S2. The Morgan fingerprint density at radius 3 is 2.89 bits per heavy atom. The smallest absolute Gasteiger partial charge is 0.313 e. The van der Waals surface area contributed by atoms with Gasteiger partial charge in [0, 0.05) is 37.5 Å². The van der Waals surface area contributed by atoms with Crippen molar-refractivity contribution in [3.05, 3.63) is 77.1 Å². The summed E-state index contributed by atoms with van der Waals surface area (Å²) < 4.78 is 11.5. The molecule has 0 spiro atoms. The lowest BCUT2D eigenvalue weighted by atomic mass is 9.87. The first-order valence-electron chi connectivity index (χ1n) is 12.8. The molecule has 1 atom stereocenters. The third-order valence-corrected chi connectivity index (χ3v) is 9.12. The highest BCUT2D eigenvalue weighted by Gasteiger charge is 2.36. The molecule has 7 nitrogen and oxygen atoms in total. The lowest BCUT2D eigenvalue weighted by molar-refractivity contribution is -0.147. The van der Waals surface area contributed by atoms with Gasteiger partial charge >= 0.3 is 5.97 Å². The van der Waals surface area contributed by atoms with Gasteiger partial charge in [0.1, 0.15) is 17.4 Å². The average molecular weight is 550 g/mol. The lowest BCUT2D eigenvalue weighted by Gasteiger charge is -2.33. The zero-order valence-electron chi connectivity index (χ0n) is 21.6. The Kier molecular flexibility index (Phi) is 8.56. The Hall–Kier alpha value is -3.01. The second kappa shape index (κ2) is 12.2. The predicted molar refractivity (Wildman–Crippen MR) is 153 cm³/mol. The molecule has 3 aliphatic heterocycles. The molecule has 2 aromatic heterocycles. The van der Waals surface area contributed by atoms with Crippen molar-refractivity contribution in [3.63, 3.8) is 0 Å². The second-order valence-electron chi connectivity index (χ2n) is 9.14. The number of allylic oxidation sites excluding steroid dienone is 1. The minimum Gasteiger partial charge on any atom is -0.494 e. The molecule has 0 saturated heterocycles. The minimum atomic E-state index is -0.167. The van der Waals surface area contributed by atoms with Crippen LogP contribution in [0.1, 0.15) is 31.0 Å². The van der Waals surface area contributed by atoms with E-state index in [4.69, 9.17) is 19.6 Å². The van der Waals surface area contributed by atoms with Crippen LogP contribution in [0.15, 0.2) is 70.9 Å². The number of ether oxygens (including phenoxy) is 2. The van der Waals surface area contributed by atoms with Gasteiger partial charge in [0.2, 0.25) is 0 Å². The van der Waals surface area contributed by atoms with E-state index in [1.165, 1.54) is 11.1 Å². The molecular weight excluding hydrogens is 518 g/mol. The summed E-state index contributed by atoms with van der Waals surface area (Å²) in [4.78, 5) is 24.0. The van der Waals surface area contributed by atoms with Gasteiger partial charge in [-0.05, 0) is 82.8 Å². The Morgan fingerprint density at radius 2 is 2.08 bits per heavy atom. The van der Waals surface area contributed by atoms with Crippen LogP contribution < -0.4 is 4.74 Å². The molecule has 1 unspecified atom stereocenters. The number of nitrogens with zero attached hydrogens (tertiary/aromatic N) is 3. The first-order valence-corrected chi connectivity index (χ1v) is 15.1. The van der Waals surface area contributed by atoms with E-state index in [0.29, 0.717) is 13.2 Å². The quantitative estimate of drug-likeness (QED) is 0.222. The van der Waals surface area contributed by atoms with Crippen molar-refractivity contribution >= 4 is 44.2 Å². The summed E-state index contributed by atoms with van der Waals surface area (Å²) in [5, 5.41) is 9.13. The van der Waals surface area contributed by atoms with Gasteiger partial charge in [0.05, 0.1) is 29.4 Å². The van der Waals surface area contributed by atoms with Gasteiger partial charge in [-0.15, -0.1) is 0 Å². The summed E-state index contributed by atoms with van der Waals surface area (Å²) in [5.74, 6) is 1.60. The van der Waals surface area contributed by atoms with E-state index in [-0.39, 0.29) is 11.9 Å². The van der Waals surface area contributed by atoms with E-state index in [1.807, 2.05) is 43.5 Å². The monoisotopic (exact) mass is 549 g/mol. The summed E-state index contributed by atoms with van der Waals surface area (Å²) in [6.45, 7) is 4.74. The van der Waals surface area contributed by atoms with Gasteiger partial charge < -0.3 is 19.5 Å². The number of hydrogen-bond donors (Lipinski definition) is 1. The SMILES string of the molecule is CCC1C(=O)OCC2=C1C=C1c3nc4ccc(OCCCSSc5ccccn5)cc4cc3CN1C2.CO. The van der Waals surface area contributed by atoms with E-state index >= 15 is 0 Å². The van der Waals surface area contributed by atoms with E-state index in [9.17, 15) is 4.79 Å². The highest BCUT2D eigenvalue weighted by molar-refractivity contribution is 8.76.